The van der Waals surface area contributed by atoms with Crippen molar-refractivity contribution in [3.05, 3.63) is 65.5 Å². The largest absolute Gasteiger partial charge is 0.497 e. The van der Waals surface area contributed by atoms with Crippen LogP contribution in [0.3, 0.4) is 0 Å². The number of rotatable bonds is 5. The van der Waals surface area contributed by atoms with Gasteiger partial charge in [0.05, 0.1) is 18.5 Å². The molecule has 0 aliphatic heterocycles. The van der Waals surface area contributed by atoms with Crippen molar-refractivity contribution >= 4 is 11.6 Å². The molecular weight excluding hydrogens is 328 g/mol. The number of aromatic nitrogens is 3. The summed E-state index contributed by atoms with van der Waals surface area (Å²) in [5.41, 5.74) is 3.70. The first-order valence-corrected chi connectivity index (χ1v) is 8.47. The number of ether oxygens (including phenoxy) is 1. The second-order valence-corrected chi connectivity index (χ2v) is 6.37. The summed E-state index contributed by atoms with van der Waals surface area (Å²) in [5, 5.41) is 11.0. The molecule has 0 fully saturated rings. The van der Waals surface area contributed by atoms with Gasteiger partial charge in [-0.15, -0.1) is 5.10 Å². The third-order valence-corrected chi connectivity index (χ3v) is 4.24. The van der Waals surface area contributed by atoms with E-state index in [4.69, 9.17) is 4.74 Å². The van der Waals surface area contributed by atoms with E-state index in [9.17, 15) is 4.79 Å². The fraction of sp³-hybridized carbons (Fsp3) is 0.250. The maximum Gasteiger partial charge on any atom is 0.278 e. The fourth-order valence-electron chi connectivity index (χ4n) is 2.67. The quantitative estimate of drug-likeness (QED) is 0.756. The van der Waals surface area contributed by atoms with E-state index in [1.807, 2.05) is 55.5 Å². The highest BCUT2D eigenvalue weighted by Crippen LogP contribution is 2.20. The summed E-state index contributed by atoms with van der Waals surface area (Å²) in [4.78, 5) is 12.6. The number of anilines is 1. The number of carbonyl (C=O) groups excluding carboxylic acids is 1. The van der Waals surface area contributed by atoms with Crippen molar-refractivity contribution in [1.82, 2.24) is 15.0 Å². The Labute approximate surface area is 152 Å². The lowest BCUT2D eigenvalue weighted by Crippen LogP contribution is -2.14. The first kappa shape index (κ1) is 17.7. The zero-order chi connectivity index (χ0) is 18.7. The van der Waals surface area contributed by atoms with Gasteiger partial charge in [-0.2, -0.15) is 0 Å². The summed E-state index contributed by atoms with van der Waals surface area (Å²) >= 11 is 0. The lowest BCUT2D eigenvalue weighted by molar-refractivity contribution is 0.102. The predicted molar refractivity (Wildman–Crippen MR) is 101 cm³/mol. The molecule has 0 aliphatic carbocycles. The smallest absolute Gasteiger partial charge is 0.278 e. The molecule has 0 bridgehead atoms. The molecule has 2 aromatic carbocycles. The number of methoxy groups -OCH3 is 1. The first-order chi connectivity index (χ1) is 12.5. The number of benzene rings is 2. The van der Waals surface area contributed by atoms with Crippen LogP contribution < -0.4 is 10.1 Å². The van der Waals surface area contributed by atoms with E-state index in [1.165, 1.54) is 5.56 Å². The van der Waals surface area contributed by atoms with Gasteiger partial charge in [0.2, 0.25) is 0 Å². The lowest BCUT2D eigenvalue weighted by atomic mass is 10.0. The van der Waals surface area contributed by atoms with Crippen LogP contribution in [-0.2, 0) is 0 Å². The average molecular weight is 350 g/mol. The molecule has 26 heavy (non-hydrogen) atoms. The maximum absolute atomic E-state index is 12.6. The molecule has 0 saturated carbocycles. The molecule has 0 unspecified atom stereocenters. The Balaban J connectivity index is 1.81. The van der Waals surface area contributed by atoms with Crippen molar-refractivity contribution in [2.75, 3.05) is 12.4 Å². The Morgan fingerprint density at radius 1 is 1.15 bits per heavy atom. The second-order valence-electron chi connectivity index (χ2n) is 6.37. The van der Waals surface area contributed by atoms with E-state index in [2.05, 4.69) is 29.5 Å². The number of nitrogens with one attached hydrogen (secondary N) is 1. The van der Waals surface area contributed by atoms with E-state index in [-0.39, 0.29) is 5.91 Å². The molecular formula is C20H22N4O2. The van der Waals surface area contributed by atoms with Crippen LogP contribution >= 0.6 is 0 Å². The van der Waals surface area contributed by atoms with Crippen molar-refractivity contribution in [3.63, 3.8) is 0 Å². The summed E-state index contributed by atoms with van der Waals surface area (Å²) in [6, 6.07) is 15.3. The van der Waals surface area contributed by atoms with Crippen molar-refractivity contribution in [1.29, 1.82) is 0 Å². The maximum atomic E-state index is 12.6. The predicted octanol–water partition coefficient (Wildman–Crippen LogP) is 3.96. The van der Waals surface area contributed by atoms with E-state index >= 15 is 0 Å². The second kappa shape index (κ2) is 7.39. The minimum Gasteiger partial charge on any atom is -0.497 e. The SMILES string of the molecule is COc1cccc(-n2nnc(C(=O)Nc3ccc(C(C)C)cc3)c2C)c1. The minimum absolute atomic E-state index is 0.283. The lowest BCUT2D eigenvalue weighted by Gasteiger charge is -2.08. The highest BCUT2D eigenvalue weighted by molar-refractivity contribution is 6.03. The normalized spacial score (nSPS) is 10.8. The van der Waals surface area contributed by atoms with Gasteiger partial charge in [0.15, 0.2) is 5.69 Å². The Bertz CT molecular complexity index is 914. The molecule has 3 aromatic rings. The molecule has 1 amide bonds. The van der Waals surface area contributed by atoms with Crippen LogP contribution in [0.15, 0.2) is 48.5 Å². The van der Waals surface area contributed by atoms with Gasteiger partial charge < -0.3 is 10.1 Å². The van der Waals surface area contributed by atoms with Crippen molar-refractivity contribution in [2.45, 2.75) is 26.7 Å². The number of hydrogen-bond acceptors (Lipinski definition) is 4. The molecule has 0 radical (unpaired) electrons. The van der Waals surface area contributed by atoms with Crippen LogP contribution in [0.2, 0.25) is 0 Å². The summed E-state index contributed by atoms with van der Waals surface area (Å²) in [6.45, 7) is 6.08. The summed E-state index contributed by atoms with van der Waals surface area (Å²) in [6.07, 6.45) is 0. The molecule has 6 nitrogen and oxygen atoms in total. The molecule has 3 rings (SSSR count). The van der Waals surface area contributed by atoms with Crippen LogP contribution in [0.5, 0.6) is 5.75 Å². The molecule has 1 N–H and O–H groups in total. The number of carbonyl (C=O) groups is 1. The molecule has 1 heterocycles. The van der Waals surface area contributed by atoms with Crippen molar-refractivity contribution < 1.29 is 9.53 Å². The van der Waals surface area contributed by atoms with Gasteiger partial charge >= 0.3 is 0 Å². The topological polar surface area (TPSA) is 69.0 Å². The van der Waals surface area contributed by atoms with Gasteiger partial charge in [-0.3, -0.25) is 4.79 Å². The third-order valence-electron chi connectivity index (χ3n) is 4.24. The summed E-state index contributed by atoms with van der Waals surface area (Å²) in [5.74, 6) is 0.882. The highest BCUT2D eigenvalue weighted by atomic mass is 16.5. The third kappa shape index (κ3) is 3.59. The molecule has 1 aromatic heterocycles. The zero-order valence-corrected chi connectivity index (χ0v) is 15.4. The van der Waals surface area contributed by atoms with Gasteiger partial charge in [-0.05, 0) is 42.7 Å². The molecule has 0 saturated heterocycles. The van der Waals surface area contributed by atoms with E-state index in [1.54, 1.807) is 11.8 Å². The molecule has 0 atom stereocenters. The van der Waals surface area contributed by atoms with E-state index < -0.39 is 0 Å². The molecule has 0 aliphatic rings. The van der Waals surface area contributed by atoms with E-state index in [0.717, 1.165) is 11.4 Å². The van der Waals surface area contributed by atoms with Crippen LogP contribution in [-0.4, -0.2) is 28.0 Å². The number of hydrogen-bond donors (Lipinski definition) is 1. The molecule has 134 valence electrons. The van der Waals surface area contributed by atoms with Crippen molar-refractivity contribution in [3.8, 4) is 11.4 Å². The van der Waals surface area contributed by atoms with Crippen LogP contribution in [0.1, 0.15) is 41.5 Å². The first-order valence-electron chi connectivity index (χ1n) is 8.47. The van der Waals surface area contributed by atoms with Gasteiger partial charge in [0.1, 0.15) is 5.75 Å². The monoisotopic (exact) mass is 350 g/mol. The molecule has 6 heteroatoms. The Kier molecular flexibility index (Phi) is 5.02. The van der Waals surface area contributed by atoms with Crippen molar-refractivity contribution in [2.24, 2.45) is 0 Å². The minimum atomic E-state index is -0.283. The van der Waals surface area contributed by atoms with Crippen LogP contribution in [0.4, 0.5) is 5.69 Å². The Hall–Kier alpha value is -3.15. The number of nitrogens with zero attached hydrogens (tertiary/aromatic N) is 3. The summed E-state index contributed by atoms with van der Waals surface area (Å²) in [7, 11) is 1.61. The zero-order valence-electron chi connectivity index (χ0n) is 15.4. The van der Waals surface area contributed by atoms with Gasteiger partial charge in [0.25, 0.3) is 5.91 Å². The standard InChI is InChI=1S/C20H22N4O2/c1-13(2)15-8-10-16(11-9-15)21-20(25)19-14(3)24(23-22-19)17-6-5-7-18(12-17)26-4/h5-13H,1-4H3,(H,21,25). The highest BCUT2D eigenvalue weighted by Gasteiger charge is 2.18. The summed E-state index contributed by atoms with van der Waals surface area (Å²) < 4.78 is 6.86. The Morgan fingerprint density at radius 3 is 2.54 bits per heavy atom. The molecule has 0 spiro atoms. The van der Waals surface area contributed by atoms with E-state index in [0.29, 0.717) is 23.1 Å². The van der Waals surface area contributed by atoms with Gasteiger partial charge in [-0.1, -0.05) is 37.3 Å². The van der Waals surface area contributed by atoms with Crippen LogP contribution in [0, 0.1) is 6.92 Å². The fourth-order valence-corrected chi connectivity index (χ4v) is 2.67. The average Bonchev–Trinajstić information content (AvgIpc) is 3.03. The van der Waals surface area contributed by atoms with Gasteiger partial charge in [-0.25, -0.2) is 4.68 Å². The number of amides is 1. The van der Waals surface area contributed by atoms with Gasteiger partial charge in [0, 0.05) is 11.8 Å². The Morgan fingerprint density at radius 2 is 1.88 bits per heavy atom. The van der Waals surface area contributed by atoms with Crippen LogP contribution in [0.25, 0.3) is 5.69 Å².